The number of aromatic nitrogens is 1. The Balaban J connectivity index is 1.50. The number of halogens is 1. The smallest absolute Gasteiger partial charge is 0.223 e. The van der Waals surface area contributed by atoms with Crippen LogP contribution in [-0.2, 0) is 4.79 Å². The van der Waals surface area contributed by atoms with Gasteiger partial charge in [-0.05, 0) is 61.8 Å². The van der Waals surface area contributed by atoms with Gasteiger partial charge in [0.1, 0.15) is 11.6 Å². The Labute approximate surface area is 164 Å². The highest BCUT2D eigenvalue weighted by atomic mass is 19.1. The maximum absolute atomic E-state index is 13.7. The van der Waals surface area contributed by atoms with Gasteiger partial charge in [0.15, 0.2) is 0 Å². The minimum absolute atomic E-state index is 0.0167. The number of carbonyl (C=O) groups excluding carboxylic acids is 1. The molecule has 1 aromatic carbocycles. The summed E-state index contributed by atoms with van der Waals surface area (Å²) in [7, 11) is 0. The number of hydrogen-bond acceptors (Lipinski definition) is 4. The molecule has 2 aromatic rings. The van der Waals surface area contributed by atoms with Crippen LogP contribution in [0.3, 0.4) is 0 Å². The molecular formula is C22H26FN3O2. The molecule has 0 unspecified atom stereocenters. The molecule has 1 aromatic heterocycles. The lowest BCUT2D eigenvalue weighted by molar-refractivity contribution is -0.150. The highest BCUT2D eigenvalue weighted by molar-refractivity contribution is 5.84. The summed E-state index contributed by atoms with van der Waals surface area (Å²) in [4.78, 5) is 21.6. The molecule has 3 aliphatic rings. The quantitative estimate of drug-likeness (QED) is 0.866. The van der Waals surface area contributed by atoms with Crippen LogP contribution in [0.25, 0.3) is 10.9 Å². The van der Waals surface area contributed by atoms with Gasteiger partial charge in [0.2, 0.25) is 5.91 Å². The van der Waals surface area contributed by atoms with E-state index in [-0.39, 0.29) is 36.3 Å². The van der Waals surface area contributed by atoms with E-state index in [4.69, 9.17) is 4.98 Å². The van der Waals surface area contributed by atoms with Crippen LogP contribution in [0.5, 0.6) is 0 Å². The average Bonchev–Trinajstić information content (AvgIpc) is 2.68. The zero-order valence-electron chi connectivity index (χ0n) is 16.1. The number of hydrogen-bond donors (Lipinski definition) is 1. The first-order valence-corrected chi connectivity index (χ1v) is 10.3. The second-order valence-electron chi connectivity index (χ2n) is 8.63. The van der Waals surface area contributed by atoms with Gasteiger partial charge in [-0.1, -0.05) is 0 Å². The van der Waals surface area contributed by atoms with E-state index in [1.165, 1.54) is 12.1 Å². The van der Waals surface area contributed by atoms with Gasteiger partial charge in [-0.25, -0.2) is 9.37 Å². The molecule has 5 rings (SSSR count). The SMILES string of the molecule is Cc1cc(N2C[C@H]3C[C@@H](C2)[C@H](CO)N2C(=O)CCC[C@@H]32)nc2cc(F)ccc12. The molecule has 2 bridgehead atoms. The largest absolute Gasteiger partial charge is 0.394 e. The van der Waals surface area contributed by atoms with Gasteiger partial charge in [0.05, 0.1) is 18.2 Å². The molecular weight excluding hydrogens is 357 g/mol. The van der Waals surface area contributed by atoms with Crippen molar-refractivity contribution in [1.82, 2.24) is 9.88 Å². The van der Waals surface area contributed by atoms with E-state index in [1.54, 1.807) is 6.07 Å². The number of aliphatic hydroxyl groups is 1. The molecule has 4 heterocycles. The summed E-state index contributed by atoms with van der Waals surface area (Å²) in [5.74, 6) is 1.44. The van der Waals surface area contributed by atoms with Gasteiger partial charge in [-0.15, -0.1) is 0 Å². The fourth-order valence-corrected chi connectivity index (χ4v) is 5.72. The van der Waals surface area contributed by atoms with Crippen molar-refractivity contribution in [3.63, 3.8) is 0 Å². The Morgan fingerprint density at radius 2 is 2.07 bits per heavy atom. The summed E-state index contributed by atoms with van der Waals surface area (Å²) < 4.78 is 13.7. The van der Waals surface area contributed by atoms with Crippen molar-refractivity contribution < 1.29 is 14.3 Å². The number of anilines is 1. The summed E-state index contributed by atoms with van der Waals surface area (Å²) >= 11 is 0. The highest BCUT2D eigenvalue weighted by Gasteiger charge is 2.49. The topological polar surface area (TPSA) is 56.7 Å². The Morgan fingerprint density at radius 3 is 2.89 bits per heavy atom. The standard InChI is InChI=1S/C22H26FN3O2/c1-13-7-21(24-18-9-16(23)5-6-17(13)18)25-10-14-8-15(11-25)20(12-27)26-19(14)3-2-4-22(26)28/h5-7,9,14-15,19-20,27H,2-4,8,10-12H2,1H3/t14-,15+,19+,20+/m1/s1. The van der Waals surface area contributed by atoms with Crippen LogP contribution >= 0.6 is 0 Å². The first kappa shape index (κ1) is 17.9. The van der Waals surface area contributed by atoms with Crippen molar-refractivity contribution in [3.05, 3.63) is 35.6 Å². The Morgan fingerprint density at radius 1 is 1.25 bits per heavy atom. The summed E-state index contributed by atoms with van der Waals surface area (Å²) in [5, 5.41) is 11.0. The molecule has 1 N–H and O–H groups in total. The summed E-state index contributed by atoms with van der Waals surface area (Å²) in [6.45, 7) is 3.68. The van der Waals surface area contributed by atoms with Crippen LogP contribution in [0, 0.1) is 24.6 Å². The lowest BCUT2D eigenvalue weighted by atomic mass is 9.72. The Kier molecular flexibility index (Phi) is 4.27. The van der Waals surface area contributed by atoms with E-state index in [0.29, 0.717) is 17.9 Å². The maximum Gasteiger partial charge on any atom is 0.223 e. The molecule has 28 heavy (non-hydrogen) atoms. The second kappa shape index (κ2) is 6.69. The fraction of sp³-hybridized carbons (Fsp3) is 0.545. The van der Waals surface area contributed by atoms with Crippen LogP contribution in [-0.4, -0.2) is 52.7 Å². The van der Waals surface area contributed by atoms with E-state index in [2.05, 4.69) is 11.0 Å². The third-order valence-electron chi connectivity index (χ3n) is 6.97. The van der Waals surface area contributed by atoms with Crippen LogP contribution in [0.1, 0.15) is 31.2 Å². The molecule has 0 spiro atoms. The number of aryl methyl sites for hydroxylation is 1. The number of aliphatic hydroxyl groups excluding tert-OH is 1. The molecule has 3 saturated heterocycles. The summed E-state index contributed by atoms with van der Waals surface area (Å²) in [6.07, 6.45) is 3.61. The normalized spacial score (nSPS) is 29.9. The molecule has 0 saturated carbocycles. The first-order valence-electron chi connectivity index (χ1n) is 10.3. The molecule has 5 nitrogen and oxygen atoms in total. The monoisotopic (exact) mass is 383 g/mol. The van der Waals surface area contributed by atoms with Gasteiger partial charge < -0.3 is 14.9 Å². The van der Waals surface area contributed by atoms with Gasteiger partial charge in [-0.3, -0.25) is 4.79 Å². The van der Waals surface area contributed by atoms with E-state index in [0.717, 1.165) is 49.1 Å². The van der Waals surface area contributed by atoms with Crippen LogP contribution < -0.4 is 4.90 Å². The molecule has 1 amide bonds. The van der Waals surface area contributed by atoms with E-state index in [9.17, 15) is 14.3 Å². The molecule has 4 atom stereocenters. The van der Waals surface area contributed by atoms with Gasteiger partial charge in [0.25, 0.3) is 0 Å². The van der Waals surface area contributed by atoms with Crippen molar-refractivity contribution in [1.29, 1.82) is 0 Å². The van der Waals surface area contributed by atoms with Crippen molar-refractivity contribution in [2.24, 2.45) is 11.8 Å². The number of pyridine rings is 1. The van der Waals surface area contributed by atoms with E-state index >= 15 is 0 Å². The second-order valence-corrected chi connectivity index (χ2v) is 8.63. The van der Waals surface area contributed by atoms with Crippen molar-refractivity contribution in [3.8, 4) is 0 Å². The van der Waals surface area contributed by atoms with Crippen molar-refractivity contribution in [2.45, 2.75) is 44.7 Å². The number of carbonyl (C=O) groups is 1. The van der Waals surface area contributed by atoms with Gasteiger partial charge in [-0.2, -0.15) is 0 Å². The van der Waals surface area contributed by atoms with Crippen LogP contribution in [0.4, 0.5) is 10.2 Å². The van der Waals surface area contributed by atoms with Gasteiger partial charge >= 0.3 is 0 Å². The van der Waals surface area contributed by atoms with Crippen LogP contribution in [0.2, 0.25) is 0 Å². The highest BCUT2D eigenvalue weighted by Crippen LogP contribution is 2.42. The van der Waals surface area contributed by atoms with E-state index in [1.807, 2.05) is 11.8 Å². The number of amides is 1. The molecule has 6 heteroatoms. The van der Waals surface area contributed by atoms with Crippen LogP contribution in [0.15, 0.2) is 24.3 Å². The van der Waals surface area contributed by atoms with Crippen molar-refractivity contribution >= 4 is 22.6 Å². The number of rotatable bonds is 2. The Bertz CT molecular complexity index is 919. The number of piperidine rings is 3. The fourth-order valence-electron chi connectivity index (χ4n) is 5.72. The number of benzene rings is 1. The molecule has 148 valence electrons. The summed E-state index contributed by atoms with van der Waals surface area (Å²) in [5.41, 5.74) is 1.77. The lowest BCUT2D eigenvalue weighted by Crippen LogP contribution is -2.66. The Hall–Kier alpha value is -2.21. The molecule has 0 aliphatic carbocycles. The lowest BCUT2D eigenvalue weighted by Gasteiger charge is -2.56. The zero-order valence-corrected chi connectivity index (χ0v) is 16.1. The molecule has 0 radical (unpaired) electrons. The third-order valence-corrected chi connectivity index (χ3v) is 6.97. The predicted octanol–water partition coefficient (Wildman–Crippen LogP) is 2.88. The molecule has 3 fully saturated rings. The minimum Gasteiger partial charge on any atom is -0.394 e. The predicted molar refractivity (Wildman–Crippen MR) is 106 cm³/mol. The number of nitrogens with zero attached hydrogens (tertiary/aromatic N) is 3. The van der Waals surface area contributed by atoms with Crippen molar-refractivity contribution in [2.75, 3.05) is 24.6 Å². The maximum atomic E-state index is 13.7. The average molecular weight is 383 g/mol. The first-order chi connectivity index (χ1) is 13.5. The zero-order chi connectivity index (χ0) is 19.4. The van der Waals surface area contributed by atoms with Gasteiger partial charge in [0, 0.05) is 37.0 Å². The number of fused-ring (bicyclic) bond motifs is 5. The molecule has 3 aliphatic heterocycles. The van der Waals surface area contributed by atoms with E-state index < -0.39 is 0 Å². The third kappa shape index (κ3) is 2.77. The minimum atomic E-state index is -0.274. The summed E-state index contributed by atoms with van der Waals surface area (Å²) in [6, 6.07) is 6.96.